The number of rotatable bonds is 3. The molecule has 1 aromatic heterocycles. The molecule has 0 aliphatic rings. The van der Waals surface area contributed by atoms with Crippen molar-refractivity contribution < 1.29 is 14.6 Å². The Kier molecular flexibility index (Phi) is 3.19. The second-order valence-electron chi connectivity index (χ2n) is 4.42. The van der Waals surface area contributed by atoms with Crippen LogP contribution in [0.15, 0.2) is 42.5 Å². The van der Waals surface area contributed by atoms with E-state index >= 15 is 0 Å². The number of nitrogens with zero attached hydrogens (tertiary/aromatic N) is 3. The highest BCUT2D eigenvalue weighted by atomic mass is 16.5. The van der Waals surface area contributed by atoms with Crippen molar-refractivity contribution in [2.24, 2.45) is 0 Å². The molecule has 1 N–H and O–H groups in total. The number of carboxylic acid groups (broad SMARTS) is 1. The second kappa shape index (κ2) is 5.16. The summed E-state index contributed by atoms with van der Waals surface area (Å²) in [5.74, 6) is -0.609. The molecule has 3 rings (SSSR count). The molecule has 0 aliphatic heterocycles. The highest BCUT2D eigenvalue weighted by molar-refractivity contribution is 5.90. The Balaban J connectivity index is 1.98. The monoisotopic (exact) mass is 281 g/mol. The van der Waals surface area contributed by atoms with Crippen LogP contribution in [0.1, 0.15) is 15.9 Å². The molecule has 6 nitrogen and oxygen atoms in total. The van der Waals surface area contributed by atoms with E-state index in [-0.39, 0.29) is 11.6 Å². The Morgan fingerprint density at radius 2 is 1.81 bits per heavy atom. The molecule has 0 saturated carbocycles. The van der Waals surface area contributed by atoms with Gasteiger partial charge in [0.15, 0.2) is 0 Å². The number of fused-ring (bicyclic) bond motifs is 1. The molecule has 21 heavy (non-hydrogen) atoms. The molecule has 0 radical (unpaired) electrons. The molecule has 104 valence electrons. The third kappa shape index (κ3) is 2.51. The molecule has 1 heterocycles. The number of ether oxygens (including phenoxy) is 1. The minimum absolute atomic E-state index is 0.0827. The fraction of sp³-hybridized carbons (Fsp3) is 0.0667. The van der Waals surface area contributed by atoms with Gasteiger partial charge in [0, 0.05) is 5.56 Å². The zero-order chi connectivity index (χ0) is 14.8. The maximum Gasteiger partial charge on any atom is 0.341 e. The summed E-state index contributed by atoms with van der Waals surface area (Å²) < 4.78 is 5.56. The summed E-state index contributed by atoms with van der Waals surface area (Å²) in [5, 5.41) is 17.0. The first-order valence-electron chi connectivity index (χ1n) is 6.25. The first kappa shape index (κ1) is 13.0. The van der Waals surface area contributed by atoms with Crippen molar-refractivity contribution in [2.75, 3.05) is 0 Å². The van der Waals surface area contributed by atoms with Crippen LogP contribution in [-0.2, 0) is 0 Å². The van der Waals surface area contributed by atoms with Crippen molar-refractivity contribution in [3.8, 4) is 11.8 Å². The fourth-order valence-corrected chi connectivity index (χ4v) is 1.96. The summed E-state index contributed by atoms with van der Waals surface area (Å²) in [6.07, 6.45) is 0. The largest absolute Gasteiger partial charge is 0.478 e. The fourth-order valence-electron chi connectivity index (χ4n) is 1.96. The molecule has 3 aromatic rings. The molecular formula is C15H11N3O3. The molecule has 0 fully saturated rings. The van der Waals surface area contributed by atoms with Crippen molar-refractivity contribution in [3.63, 3.8) is 0 Å². The lowest BCUT2D eigenvalue weighted by atomic mass is 10.1. The summed E-state index contributed by atoms with van der Waals surface area (Å²) in [6.45, 7) is 1.67. The second-order valence-corrected chi connectivity index (χ2v) is 4.42. The summed E-state index contributed by atoms with van der Waals surface area (Å²) in [5.41, 5.74) is 2.03. The van der Waals surface area contributed by atoms with Gasteiger partial charge in [0.25, 0.3) is 0 Å². The average Bonchev–Trinajstić information content (AvgIpc) is 2.49. The van der Waals surface area contributed by atoms with Crippen LogP contribution in [0, 0.1) is 6.92 Å². The molecule has 0 aliphatic carbocycles. The third-order valence-corrected chi connectivity index (χ3v) is 3.06. The zero-order valence-electron chi connectivity index (χ0n) is 11.1. The maximum absolute atomic E-state index is 11.1. The van der Waals surface area contributed by atoms with Crippen molar-refractivity contribution in [1.29, 1.82) is 0 Å². The Bertz CT molecular complexity index is 833. The van der Waals surface area contributed by atoms with Gasteiger partial charge in [-0.15, -0.1) is 5.10 Å². The van der Waals surface area contributed by atoms with Gasteiger partial charge in [-0.3, -0.25) is 0 Å². The number of hydrogen-bond donors (Lipinski definition) is 1. The number of hydrogen-bond acceptors (Lipinski definition) is 5. The van der Waals surface area contributed by atoms with Crippen LogP contribution >= 0.6 is 0 Å². The van der Waals surface area contributed by atoms with Gasteiger partial charge < -0.3 is 9.84 Å². The Hall–Kier alpha value is -3.02. The number of benzene rings is 2. The predicted molar refractivity (Wildman–Crippen MR) is 75.5 cm³/mol. The van der Waals surface area contributed by atoms with Crippen LogP contribution in [-0.4, -0.2) is 26.3 Å². The van der Waals surface area contributed by atoms with E-state index in [9.17, 15) is 4.79 Å². The smallest absolute Gasteiger partial charge is 0.341 e. The topological polar surface area (TPSA) is 85.2 Å². The van der Waals surface area contributed by atoms with Gasteiger partial charge in [0.2, 0.25) is 0 Å². The van der Waals surface area contributed by atoms with Gasteiger partial charge in [0.05, 0.1) is 11.1 Å². The lowest BCUT2D eigenvalue weighted by molar-refractivity contribution is 0.0695. The third-order valence-electron chi connectivity index (χ3n) is 3.06. The lowest BCUT2D eigenvalue weighted by Gasteiger charge is -2.08. The Morgan fingerprint density at radius 3 is 2.57 bits per heavy atom. The molecule has 0 saturated heterocycles. The van der Waals surface area contributed by atoms with Gasteiger partial charge in [-0.2, -0.15) is 4.98 Å². The van der Waals surface area contributed by atoms with E-state index in [1.165, 1.54) is 6.07 Å². The summed E-state index contributed by atoms with van der Waals surface area (Å²) in [7, 11) is 0. The van der Waals surface area contributed by atoms with E-state index in [0.717, 1.165) is 0 Å². The van der Waals surface area contributed by atoms with E-state index in [4.69, 9.17) is 9.84 Å². The van der Waals surface area contributed by atoms with Crippen molar-refractivity contribution in [3.05, 3.63) is 53.6 Å². The Labute approximate surface area is 120 Å². The van der Waals surface area contributed by atoms with Crippen molar-refractivity contribution >= 4 is 17.0 Å². The van der Waals surface area contributed by atoms with E-state index < -0.39 is 5.97 Å². The van der Waals surface area contributed by atoms with Crippen LogP contribution in [0.4, 0.5) is 0 Å². The molecule has 0 amide bonds. The minimum atomic E-state index is -1.00. The van der Waals surface area contributed by atoms with E-state index in [0.29, 0.717) is 22.3 Å². The van der Waals surface area contributed by atoms with Crippen molar-refractivity contribution in [1.82, 2.24) is 15.2 Å². The highest BCUT2D eigenvalue weighted by Gasteiger charge is 2.12. The number of carboxylic acids is 1. The summed E-state index contributed by atoms with van der Waals surface area (Å²) in [6, 6.07) is 12.2. The predicted octanol–water partition coefficient (Wildman–Crippen LogP) is 2.82. The number of carbonyl (C=O) groups is 1. The van der Waals surface area contributed by atoms with E-state index in [1.807, 2.05) is 12.1 Å². The normalized spacial score (nSPS) is 10.5. The van der Waals surface area contributed by atoms with Gasteiger partial charge in [-0.25, -0.2) is 4.79 Å². The summed E-state index contributed by atoms with van der Waals surface area (Å²) >= 11 is 0. The van der Waals surface area contributed by atoms with Crippen LogP contribution in [0.25, 0.3) is 11.0 Å². The molecule has 6 heteroatoms. The van der Waals surface area contributed by atoms with E-state index in [1.54, 1.807) is 31.2 Å². The first-order valence-corrected chi connectivity index (χ1v) is 6.25. The number of para-hydroxylation sites is 1. The molecule has 2 aromatic carbocycles. The van der Waals surface area contributed by atoms with Crippen molar-refractivity contribution in [2.45, 2.75) is 6.92 Å². The van der Waals surface area contributed by atoms with Gasteiger partial charge in [-0.05, 0) is 31.2 Å². The molecule has 0 bridgehead atoms. The SMILES string of the molecule is Cc1c(Oc2nnc3ccccc3n2)cccc1C(=O)O. The van der Waals surface area contributed by atoms with Crippen LogP contribution in [0.5, 0.6) is 11.8 Å². The Morgan fingerprint density at radius 1 is 1.05 bits per heavy atom. The highest BCUT2D eigenvalue weighted by Crippen LogP contribution is 2.25. The molecule has 0 spiro atoms. The summed E-state index contributed by atoms with van der Waals surface area (Å²) in [4.78, 5) is 15.3. The van der Waals surface area contributed by atoms with Crippen LogP contribution < -0.4 is 4.74 Å². The van der Waals surface area contributed by atoms with Crippen LogP contribution in [0.3, 0.4) is 0 Å². The standard InChI is InChI=1S/C15H11N3O3/c1-9-10(14(19)20)5-4-8-13(9)21-15-16-11-6-2-3-7-12(11)17-18-15/h2-8H,1H3,(H,19,20). The first-order chi connectivity index (χ1) is 10.1. The molecule has 0 atom stereocenters. The lowest BCUT2D eigenvalue weighted by Crippen LogP contribution is -2.02. The molecule has 0 unspecified atom stereocenters. The quantitative estimate of drug-likeness (QED) is 0.794. The van der Waals surface area contributed by atoms with Gasteiger partial charge >= 0.3 is 12.0 Å². The number of aromatic nitrogens is 3. The van der Waals surface area contributed by atoms with E-state index in [2.05, 4.69) is 15.2 Å². The van der Waals surface area contributed by atoms with Gasteiger partial charge in [-0.1, -0.05) is 23.3 Å². The zero-order valence-corrected chi connectivity index (χ0v) is 11.1. The number of aromatic carboxylic acids is 1. The maximum atomic E-state index is 11.1. The average molecular weight is 281 g/mol. The van der Waals surface area contributed by atoms with Crippen LogP contribution in [0.2, 0.25) is 0 Å². The minimum Gasteiger partial charge on any atom is -0.478 e. The molecular weight excluding hydrogens is 270 g/mol. The van der Waals surface area contributed by atoms with Gasteiger partial charge in [0.1, 0.15) is 11.3 Å².